The Morgan fingerprint density at radius 1 is 1.38 bits per heavy atom. The van der Waals surface area contributed by atoms with Gasteiger partial charge < -0.3 is 15.5 Å². The largest absolute Gasteiger partial charge is 0.352 e. The van der Waals surface area contributed by atoms with Crippen molar-refractivity contribution in [1.29, 1.82) is 0 Å². The highest BCUT2D eigenvalue weighted by Crippen LogP contribution is 2.21. The van der Waals surface area contributed by atoms with E-state index in [0.29, 0.717) is 18.6 Å². The molecule has 0 aromatic heterocycles. The first-order valence-electron chi connectivity index (χ1n) is 5.74. The lowest BCUT2D eigenvalue weighted by atomic mass is 9.90. The maximum Gasteiger partial charge on any atom is 0.234 e. The Labute approximate surface area is 105 Å². The van der Waals surface area contributed by atoms with Crippen LogP contribution in [0.3, 0.4) is 0 Å². The van der Waals surface area contributed by atoms with E-state index in [1.165, 1.54) is 12.8 Å². The van der Waals surface area contributed by atoms with Crippen LogP contribution in [0.2, 0.25) is 0 Å². The number of carbonyl (C=O) groups excluding carboxylic acids is 1. The van der Waals surface area contributed by atoms with E-state index < -0.39 is 0 Å². The second kappa shape index (κ2) is 7.87. The molecule has 96 valence electrons. The van der Waals surface area contributed by atoms with Crippen molar-refractivity contribution < 1.29 is 4.79 Å². The molecule has 1 saturated carbocycles. The lowest BCUT2D eigenvalue weighted by Crippen LogP contribution is -2.45. The van der Waals surface area contributed by atoms with Gasteiger partial charge in [0, 0.05) is 12.1 Å². The van der Waals surface area contributed by atoms with E-state index in [1.807, 2.05) is 0 Å². The predicted molar refractivity (Wildman–Crippen MR) is 69.0 cm³/mol. The number of halogens is 1. The number of nitrogens with one attached hydrogen (secondary N) is 2. The topological polar surface area (TPSA) is 44.4 Å². The monoisotopic (exact) mass is 249 g/mol. The second-order valence-corrected chi connectivity index (χ2v) is 4.58. The molecule has 0 bridgehead atoms. The lowest BCUT2D eigenvalue weighted by Gasteiger charge is -2.33. The molecule has 0 aliphatic heterocycles. The fourth-order valence-electron chi connectivity index (χ4n) is 2.20. The molecule has 1 aliphatic carbocycles. The number of hydrogen-bond donors (Lipinski definition) is 2. The van der Waals surface area contributed by atoms with Crippen molar-refractivity contribution in [1.82, 2.24) is 15.5 Å². The number of amides is 1. The molecule has 0 spiro atoms. The quantitative estimate of drug-likeness (QED) is 0.768. The summed E-state index contributed by atoms with van der Waals surface area (Å²) >= 11 is 0. The van der Waals surface area contributed by atoms with Crippen LogP contribution in [0.1, 0.15) is 25.7 Å². The lowest BCUT2D eigenvalue weighted by molar-refractivity contribution is -0.121. The van der Waals surface area contributed by atoms with Crippen LogP contribution in [0, 0.1) is 0 Å². The average molecular weight is 250 g/mol. The summed E-state index contributed by atoms with van der Waals surface area (Å²) in [5.74, 6) is 0.113. The summed E-state index contributed by atoms with van der Waals surface area (Å²) in [6, 6.07) is 0.991. The molecule has 0 radical (unpaired) electrons. The van der Waals surface area contributed by atoms with Crippen molar-refractivity contribution >= 4 is 18.3 Å². The third-order valence-electron chi connectivity index (χ3n) is 3.08. The van der Waals surface area contributed by atoms with Crippen molar-refractivity contribution in [3.63, 3.8) is 0 Å². The molecule has 0 saturated heterocycles. The summed E-state index contributed by atoms with van der Waals surface area (Å²) in [6.07, 6.45) is 4.68. The molecule has 0 aromatic carbocycles. The van der Waals surface area contributed by atoms with E-state index in [4.69, 9.17) is 0 Å². The van der Waals surface area contributed by atoms with Crippen LogP contribution >= 0.6 is 12.4 Å². The highest BCUT2D eigenvalue weighted by atomic mass is 35.5. The molecule has 2 N–H and O–H groups in total. The van der Waals surface area contributed by atoms with Crippen LogP contribution in [-0.4, -0.2) is 50.6 Å². The van der Waals surface area contributed by atoms with Gasteiger partial charge in [-0.05, 0) is 46.8 Å². The summed E-state index contributed by atoms with van der Waals surface area (Å²) in [6.45, 7) is 0.420. The summed E-state index contributed by atoms with van der Waals surface area (Å²) in [5, 5.41) is 5.95. The van der Waals surface area contributed by atoms with Crippen LogP contribution in [0.15, 0.2) is 0 Å². The number of nitrogens with zero attached hydrogens (tertiary/aromatic N) is 1. The van der Waals surface area contributed by atoms with Gasteiger partial charge >= 0.3 is 0 Å². The minimum absolute atomic E-state index is 0. The number of hydrogen-bond acceptors (Lipinski definition) is 3. The second-order valence-electron chi connectivity index (χ2n) is 4.58. The van der Waals surface area contributed by atoms with Gasteiger partial charge in [0.05, 0.1) is 6.54 Å². The number of carbonyl (C=O) groups is 1. The van der Waals surface area contributed by atoms with Gasteiger partial charge in [-0.15, -0.1) is 12.4 Å². The fraction of sp³-hybridized carbons (Fsp3) is 0.909. The van der Waals surface area contributed by atoms with Crippen LogP contribution in [0.4, 0.5) is 0 Å². The molecule has 2 unspecified atom stereocenters. The predicted octanol–water partition coefficient (Wildman–Crippen LogP) is 0.617. The molecule has 1 amide bonds. The van der Waals surface area contributed by atoms with Gasteiger partial charge in [0.1, 0.15) is 0 Å². The molecule has 5 heteroatoms. The number of likely N-dealkylation sites (N-methyl/N-ethyl adjacent to an activating group) is 1. The van der Waals surface area contributed by atoms with Crippen molar-refractivity contribution in [2.75, 3.05) is 27.7 Å². The van der Waals surface area contributed by atoms with E-state index in [1.54, 1.807) is 7.05 Å². The summed E-state index contributed by atoms with van der Waals surface area (Å²) in [4.78, 5) is 13.7. The molecule has 2 atom stereocenters. The smallest absolute Gasteiger partial charge is 0.234 e. The molecule has 16 heavy (non-hydrogen) atoms. The Hall–Kier alpha value is -0.320. The first-order chi connectivity index (χ1) is 7.13. The zero-order valence-electron chi connectivity index (χ0n) is 10.5. The summed E-state index contributed by atoms with van der Waals surface area (Å²) in [7, 11) is 6.02. The fourth-order valence-corrected chi connectivity index (χ4v) is 2.20. The zero-order chi connectivity index (χ0) is 11.3. The van der Waals surface area contributed by atoms with Crippen LogP contribution in [-0.2, 0) is 4.79 Å². The van der Waals surface area contributed by atoms with Crippen LogP contribution < -0.4 is 10.6 Å². The van der Waals surface area contributed by atoms with Crippen molar-refractivity contribution in [3.05, 3.63) is 0 Å². The van der Waals surface area contributed by atoms with Crippen molar-refractivity contribution in [3.8, 4) is 0 Å². The Morgan fingerprint density at radius 3 is 2.62 bits per heavy atom. The molecular formula is C11H24ClN3O. The first-order valence-corrected chi connectivity index (χ1v) is 5.74. The minimum Gasteiger partial charge on any atom is -0.352 e. The Kier molecular flexibility index (Phi) is 7.72. The van der Waals surface area contributed by atoms with Gasteiger partial charge in [-0.2, -0.15) is 0 Å². The van der Waals surface area contributed by atoms with Gasteiger partial charge in [0.2, 0.25) is 5.91 Å². The Balaban J connectivity index is 0.00000225. The third-order valence-corrected chi connectivity index (χ3v) is 3.08. The van der Waals surface area contributed by atoms with Gasteiger partial charge in [0.15, 0.2) is 0 Å². The molecular weight excluding hydrogens is 226 g/mol. The van der Waals surface area contributed by atoms with Crippen molar-refractivity contribution in [2.24, 2.45) is 0 Å². The molecule has 1 aliphatic rings. The maximum atomic E-state index is 11.4. The van der Waals surface area contributed by atoms with Gasteiger partial charge in [0.25, 0.3) is 0 Å². The van der Waals surface area contributed by atoms with Gasteiger partial charge in [-0.1, -0.05) is 0 Å². The average Bonchev–Trinajstić information content (AvgIpc) is 2.18. The van der Waals surface area contributed by atoms with Crippen LogP contribution in [0.25, 0.3) is 0 Å². The molecule has 1 fully saturated rings. The molecule has 0 aromatic rings. The molecule has 0 heterocycles. The van der Waals surface area contributed by atoms with E-state index in [9.17, 15) is 4.79 Å². The summed E-state index contributed by atoms with van der Waals surface area (Å²) in [5.41, 5.74) is 0. The van der Waals surface area contributed by atoms with Gasteiger partial charge in [-0.3, -0.25) is 4.79 Å². The van der Waals surface area contributed by atoms with E-state index in [-0.39, 0.29) is 18.3 Å². The highest BCUT2D eigenvalue weighted by molar-refractivity contribution is 5.85. The normalized spacial score (nSPS) is 25.0. The van der Waals surface area contributed by atoms with E-state index in [0.717, 1.165) is 12.8 Å². The Morgan fingerprint density at radius 2 is 2.06 bits per heavy atom. The molecule has 4 nitrogen and oxygen atoms in total. The number of rotatable bonds is 4. The SMILES string of the molecule is CNCC(=O)NC1CCCC(N(C)C)C1.Cl. The summed E-state index contributed by atoms with van der Waals surface area (Å²) < 4.78 is 0. The zero-order valence-corrected chi connectivity index (χ0v) is 11.3. The van der Waals surface area contributed by atoms with E-state index >= 15 is 0 Å². The highest BCUT2D eigenvalue weighted by Gasteiger charge is 2.23. The third kappa shape index (κ3) is 5.14. The minimum atomic E-state index is 0. The Bertz CT molecular complexity index is 211. The standard InChI is InChI=1S/C11H23N3O.ClH/c1-12-8-11(15)13-9-5-4-6-10(7-9)14(2)3;/h9-10,12H,4-8H2,1-3H3,(H,13,15);1H. The first kappa shape index (κ1) is 15.7. The maximum absolute atomic E-state index is 11.4. The van der Waals surface area contributed by atoms with Gasteiger partial charge in [-0.25, -0.2) is 0 Å². The van der Waals surface area contributed by atoms with E-state index in [2.05, 4.69) is 29.6 Å². The molecule has 1 rings (SSSR count). The van der Waals surface area contributed by atoms with Crippen LogP contribution in [0.5, 0.6) is 0 Å². The van der Waals surface area contributed by atoms with Crippen molar-refractivity contribution in [2.45, 2.75) is 37.8 Å².